The lowest BCUT2D eigenvalue weighted by atomic mass is 10.1. The number of ether oxygens (including phenoxy) is 1. The predicted molar refractivity (Wildman–Crippen MR) is 134 cm³/mol. The first-order valence-electron chi connectivity index (χ1n) is 11.2. The number of aliphatic hydroxyl groups is 2. The topological polar surface area (TPSA) is 220 Å². The van der Waals surface area contributed by atoms with E-state index in [0.29, 0.717) is 5.56 Å². The quantitative estimate of drug-likeness (QED) is 0.152. The lowest BCUT2D eigenvalue weighted by Gasteiger charge is -2.19. The summed E-state index contributed by atoms with van der Waals surface area (Å²) in [5.41, 5.74) is 0.473. The zero-order valence-corrected chi connectivity index (χ0v) is 22.5. The van der Waals surface area contributed by atoms with Crippen molar-refractivity contribution in [1.29, 1.82) is 5.26 Å². The van der Waals surface area contributed by atoms with E-state index in [1.54, 1.807) is 19.1 Å². The molecule has 4 rings (SSSR count). The summed E-state index contributed by atoms with van der Waals surface area (Å²) >= 11 is 6.27. The van der Waals surface area contributed by atoms with Crippen LogP contribution in [0.3, 0.4) is 0 Å². The van der Waals surface area contributed by atoms with Crippen molar-refractivity contribution in [1.82, 2.24) is 14.8 Å². The summed E-state index contributed by atoms with van der Waals surface area (Å²) < 4.78 is 48.7. The third-order valence-electron chi connectivity index (χ3n) is 5.92. The summed E-state index contributed by atoms with van der Waals surface area (Å²) in [6.07, 6.45) is -4.80. The largest absolute Gasteiger partial charge is 0.387 e. The van der Waals surface area contributed by atoms with E-state index in [9.17, 15) is 33.9 Å². The molecule has 0 spiro atoms. The molecule has 0 amide bonds. The van der Waals surface area contributed by atoms with Crippen LogP contribution in [0.25, 0.3) is 11.0 Å². The Balaban J connectivity index is 1.63. The number of aromatic nitrogens is 3. The second-order valence-electron chi connectivity index (χ2n) is 8.76. The van der Waals surface area contributed by atoms with Crippen LogP contribution >= 0.6 is 26.8 Å². The van der Waals surface area contributed by atoms with Gasteiger partial charge in [0.25, 0.3) is 0 Å². The van der Waals surface area contributed by atoms with E-state index in [0.717, 1.165) is 4.68 Å². The first-order chi connectivity index (χ1) is 18.2. The molecule has 0 saturated carbocycles. The van der Waals surface area contributed by atoms with Gasteiger partial charge < -0.3 is 39.5 Å². The fourth-order valence-corrected chi connectivity index (χ4v) is 6.91. The van der Waals surface area contributed by atoms with Gasteiger partial charge in [0.2, 0.25) is 0 Å². The normalized spacial score (nSPS) is 23.9. The molecule has 1 fully saturated rings. The molecule has 0 bridgehead atoms. The van der Waals surface area contributed by atoms with Crippen molar-refractivity contribution in [3.05, 3.63) is 52.6 Å². The summed E-state index contributed by atoms with van der Waals surface area (Å²) in [5, 5.41) is 38.0. The molecule has 1 unspecified atom stereocenters. The molecular weight excluding hydrogens is 583 g/mol. The van der Waals surface area contributed by atoms with E-state index in [1.165, 1.54) is 18.3 Å². The second-order valence-corrected chi connectivity index (χ2v) is 13.1. The maximum Gasteiger partial charge on any atom is 0.340 e. The van der Waals surface area contributed by atoms with E-state index in [-0.39, 0.29) is 27.4 Å². The van der Waals surface area contributed by atoms with Crippen LogP contribution < -0.4 is 5.32 Å². The maximum absolute atomic E-state index is 14.4. The number of nitrogens with one attached hydrogen (secondary N) is 1. The zero-order valence-electron chi connectivity index (χ0n) is 20.0. The van der Waals surface area contributed by atoms with Crippen molar-refractivity contribution in [3.8, 4) is 6.07 Å². The third kappa shape index (κ3) is 6.32. The third-order valence-corrected chi connectivity index (χ3v) is 9.65. The molecule has 1 aliphatic rings. The van der Waals surface area contributed by atoms with E-state index in [1.807, 2.05) is 6.07 Å². The summed E-state index contributed by atoms with van der Waals surface area (Å²) in [7, 11) is -9.63. The molecule has 3 heterocycles. The number of benzene rings is 1. The number of nitrogens with zero attached hydrogens (tertiary/aromatic N) is 4. The van der Waals surface area contributed by atoms with Crippen LogP contribution in [0.15, 0.2) is 30.5 Å². The van der Waals surface area contributed by atoms with Crippen LogP contribution in [0, 0.1) is 17.1 Å². The molecule has 1 aliphatic heterocycles. The zero-order chi connectivity index (χ0) is 28.7. The van der Waals surface area contributed by atoms with E-state index >= 15 is 0 Å². The van der Waals surface area contributed by atoms with Crippen molar-refractivity contribution < 1.29 is 47.7 Å². The second kappa shape index (κ2) is 11.2. The molecule has 1 saturated heterocycles. The monoisotopic (exact) mass is 605 g/mol. The van der Waals surface area contributed by atoms with E-state index in [4.69, 9.17) is 30.6 Å². The van der Waals surface area contributed by atoms with Crippen molar-refractivity contribution in [3.63, 3.8) is 0 Å². The van der Waals surface area contributed by atoms with E-state index < -0.39 is 64.1 Å². The van der Waals surface area contributed by atoms with Crippen molar-refractivity contribution >= 4 is 43.5 Å². The van der Waals surface area contributed by atoms with Gasteiger partial charge in [0, 0.05) is 5.56 Å². The fourth-order valence-electron chi connectivity index (χ4n) is 4.12. The number of aliphatic hydroxyl groups excluding tert-OH is 2. The standard InChI is InChI=1S/C21H23ClFN5O9P2/c1-10(11-4-2-3-5-14(11)23)26-16-12(6-24)19(22)27-20-13(16)7-25-28(20)21-18(30)17(29)15(37-21)8-36-39(34,35)9-38(31,32)33/h2-5,7,10,15,17-18,21,29-30H,8-9H2,1H3,(H,26,27)(H,34,35)(H2,31,32,33)/t10-,15-,17-,18-,21-/m1/s1. The van der Waals surface area contributed by atoms with Gasteiger partial charge in [0.15, 0.2) is 22.9 Å². The van der Waals surface area contributed by atoms with Gasteiger partial charge in [-0.25, -0.2) is 14.1 Å². The summed E-state index contributed by atoms with van der Waals surface area (Å²) in [4.78, 5) is 31.7. The van der Waals surface area contributed by atoms with Crippen molar-refractivity contribution in [2.75, 3.05) is 17.8 Å². The molecule has 39 heavy (non-hydrogen) atoms. The SMILES string of the molecule is C[C@@H](Nc1c(C#N)c(Cl)nc2c1cnn2[C@@H]1O[C@H](COP(=O)(O)CP(=O)(O)O)[C@@H](O)[C@H]1O)c1ccccc1F. The molecule has 6 N–H and O–H groups in total. The highest BCUT2D eigenvalue weighted by Crippen LogP contribution is 2.55. The van der Waals surface area contributed by atoms with Crippen LogP contribution in [-0.2, 0) is 18.4 Å². The number of hydrogen-bond donors (Lipinski definition) is 6. The average molecular weight is 606 g/mol. The molecule has 14 nitrogen and oxygen atoms in total. The van der Waals surface area contributed by atoms with Crippen molar-refractivity contribution in [2.24, 2.45) is 0 Å². The van der Waals surface area contributed by atoms with Crippen LogP contribution in [0.5, 0.6) is 0 Å². The number of hydrogen-bond acceptors (Lipinski definition) is 10. The summed E-state index contributed by atoms with van der Waals surface area (Å²) in [6, 6.07) is 7.37. The Hall–Kier alpha value is -2.47. The maximum atomic E-state index is 14.4. The molecule has 6 atom stereocenters. The highest BCUT2D eigenvalue weighted by atomic mass is 35.5. The Kier molecular flexibility index (Phi) is 8.47. The van der Waals surface area contributed by atoms with Gasteiger partial charge in [0.1, 0.15) is 35.8 Å². The Labute approximate surface area is 225 Å². The molecule has 0 aliphatic carbocycles. The Bertz CT molecular complexity index is 1530. The van der Waals surface area contributed by atoms with Crippen molar-refractivity contribution in [2.45, 2.75) is 37.5 Å². The minimum absolute atomic E-state index is 0.0226. The molecular formula is C21H23ClFN5O9P2. The molecule has 1 aromatic carbocycles. The van der Waals surface area contributed by atoms with Gasteiger partial charge in [0.05, 0.1) is 29.9 Å². The Morgan fingerprint density at radius 1 is 1.28 bits per heavy atom. The highest BCUT2D eigenvalue weighted by Gasteiger charge is 2.46. The number of halogens is 2. The minimum Gasteiger partial charge on any atom is -0.387 e. The molecule has 0 radical (unpaired) electrons. The molecule has 18 heteroatoms. The number of pyridine rings is 1. The summed E-state index contributed by atoms with van der Waals surface area (Å²) in [5.74, 6) is -1.91. The number of fused-ring (bicyclic) bond motifs is 1. The van der Waals surface area contributed by atoms with Crippen LogP contribution in [-0.4, -0.2) is 70.5 Å². The smallest absolute Gasteiger partial charge is 0.340 e. The Morgan fingerprint density at radius 2 is 1.97 bits per heavy atom. The lowest BCUT2D eigenvalue weighted by molar-refractivity contribution is -0.0541. The predicted octanol–water partition coefficient (Wildman–Crippen LogP) is 2.22. The van der Waals surface area contributed by atoms with Gasteiger partial charge >= 0.3 is 15.2 Å². The van der Waals surface area contributed by atoms with Gasteiger partial charge in [-0.1, -0.05) is 29.8 Å². The molecule has 2 aromatic heterocycles. The first-order valence-corrected chi connectivity index (χ1v) is 15.2. The Morgan fingerprint density at radius 3 is 2.62 bits per heavy atom. The van der Waals surface area contributed by atoms with Crippen LogP contribution in [0.4, 0.5) is 10.1 Å². The number of anilines is 1. The first kappa shape index (κ1) is 29.5. The van der Waals surface area contributed by atoms with E-state index in [2.05, 4.69) is 15.4 Å². The number of rotatable bonds is 9. The fraction of sp³-hybridized carbons (Fsp3) is 0.381. The highest BCUT2D eigenvalue weighted by molar-refractivity contribution is 7.70. The van der Waals surface area contributed by atoms with Crippen LogP contribution in [0.1, 0.15) is 30.3 Å². The van der Waals surface area contributed by atoms with Crippen LogP contribution in [0.2, 0.25) is 5.15 Å². The van der Waals surface area contributed by atoms with Gasteiger partial charge in [-0.2, -0.15) is 10.4 Å². The van der Waals surface area contributed by atoms with Gasteiger partial charge in [-0.3, -0.25) is 9.13 Å². The molecule has 210 valence electrons. The van der Waals surface area contributed by atoms with Gasteiger partial charge in [-0.05, 0) is 13.0 Å². The van der Waals surface area contributed by atoms with Gasteiger partial charge in [-0.15, -0.1) is 0 Å². The number of nitriles is 1. The average Bonchev–Trinajstić information content (AvgIpc) is 3.37. The summed E-state index contributed by atoms with van der Waals surface area (Å²) in [6.45, 7) is 0.878. The lowest BCUT2D eigenvalue weighted by Crippen LogP contribution is -2.33. The minimum atomic E-state index is -4.88. The molecule has 3 aromatic rings.